The number of nitrogens with zero attached hydrogens (tertiary/aromatic N) is 1. The highest BCUT2D eigenvalue weighted by Gasteiger charge is 2.57. The summed E-state index contributed by atoms with van der Waals surface area (Å²) >= 11 is 0. The summed E-state index contributed by atoms with van der Waals surface area (Å²) in [6.07, 6.45) is 3.59. The minimum atomic E-state index is -1.52. The number of allylic oxidation sites excluding steroid dienone is 4. The zero-order chi connectivity index (χ0) is 25.1. The van der Waals surface area contributed by atoms with Gasteiger partial charge in [-0.25, -0.2) is 9.18 Å². The van der Waals surface area contributed by atoms with Gasteiger partial charge in [-0.15, -0.1) is 0 Å². The molecule has 1 saturated heterocycles. The van der Waals surface area contributed by atoms with E-state index in [9.17, 15) is 18.8 Å². The van der Waals surface area contributed by atoms with Crippen molar-refractivity contribution in [3.05, 3.63) is 63.2 Å². The van der Waals surface area contributed by atoms with Crippen molar-refractivity contribution in [2.24, 2.45) is 0 Å². The van der Waals surface area contributed by atoms with Crippen LogP contribution in [0.1, 0.15) is 56.0 Å². The van der Waals surface area contributed by atoms with E-state index in [-0.39, 0.29) is 24.4 Å². The second-order valence-corrected chi connectivity index (χ2v) is 9.72. The Morgan fingerprint density at radius 2 is 1.97 bits per heavy atom. The summed E-state index contributed by atoms with van der Waals surface area (Å²) in [7, 11) is 1.33. The number of fused-ring (bicyclic) bond motifs is 1. The Bertz CT molecular complexity index is 1260. The van der Waals surface area contributed by atoms with Crippen molar-refractivity contribution < 1.29 is 28.2 Å². The number of carbonyl (C=O) groups is 3. The van der Waals surface area contributed by atoms with E-state index in [0.29, 0.717) is 17.7 Å². The van der Waals surface area contributed by atoms with Gasteiger partial charge in [0.05, 0.1) is 19.2 Å². The van der Waals surface area contributed by atoms with E-state index in [4.69, 9.17) is 9.47 Å². The van der Waals surface area contributed by atoms with Gasteiger partial charge in [-0.05, 0) is 56.4 Å². The number of urea groups is 1. The van der Waals surface area contributed by atoms with Crippen LogP contribution in [0.3, 0.4) is 0 Å². The topological polar surface area (TPSA) is 97.0 Å². The van der Waals surface area contributed by atoms with Gasteiger partial charge in [-0.3, -0.25) is 14.9 Å². The number of imide groups is 1. The molecule has 3 heterocycles. The third kappa shape index (κ3) is 3.61. The van der Waals surface area contributed by atoms with Gasteiger partial charge < -0.3 is 19.7 Å². The Hall–Kier alpha value is -3.62. The lowest BCUT2D eigenvalue weighted by Crippen LogP contribution is -2.62. The van der Waals surface area contributed by atoms with Crippen LogP contribution in [0.25, 0.3) is 0 Å². The van der Waals surface area contributed by atoms with Crippen LogP contribution < -0.4 is 15.4 Å². The van der Waals surface area contributed by atoms with Crippen molar-refractivity contribution in [2.45, 2.75) is 58.2 Å². The number of halogens is 1. The molecule has 2 unspecified atom stereocenters. The van der Waals surface area contributed by atoms with Crippen LogP contribution in [0.15, 0.2) is 46.3 Å². The Kier molecular flexibility index (Phi) is 5.45. The number of rotatable bonds is 4. The SMILES string of the molecule is COc1ccc2c(c1F)C(=O)N(CC1(C3CC4=C(O3)C(C)=C(C)CCC(C)=C4)NC(=O)NC1=O)C2. The molecular weight excluding hydrogens is 453 g/mol. The number of hydrogen-bond acceptors (Lipinski definition) is 5. The number of nitrogens with one attached hydrogen (secondary N) is 2. The normalized spacial score (nSPS) is 26.1. The molecule has 0 aromatic heterocycles. The Labute approximate surface area is 202 Å². The average molecular weight is 482 g/mol. The van der Waals surface area contributed by atoms with Crippen molar-refractivity contribution in [3.8, 4) is 5.75 Å². The van der Waals surface area contributed by atoms with Gasteiger partial charge in [0.1, 0.15) is 11.9 Å². The predicted octanol–water partition coefficient (Wildman–Crippen LogP) is 3.49. The number of methoxy groups -OCH3 is 1. The third-order valence-corrected chi connectivity index (χ3v) is 7.49. The van der Waals surface area contributed by atoms with E-state index in [1.54, 1.807) is 6.07 Å². The fourth-order valence-electron chi connectivity index (χ4n) is 5.34. The summed E-state index contributed by atoms with van der Waals surface area (Å²) in [5, 5.41) is 5.06. The van der Waals surface area contributed by atoms with Crippen LogP contribution in [0.4, 0.5) is 9.18 Å². The van der Waals surface area contributed by atoms with Gasteiger partial charge >= 0.3 is 6.03 Å². The van der Waals surface area contributed by atoms with Gasteiger partial charge in [0, 0.05) is 13.0 Å². The molecule has 9 heteroatoms. The van der Waals surface area contributed by atoms with Gasteiger partial charge in [0.25, 0.3) is 11.8 Å². The molecular formula is C26H28FN3O5. The molecule has 4 amide bonds. The Morgan fingerprint density at radius 3 is 2.66 bits per heavy atom. The van der Waals surface area contributed by atoms with E-state index in [0.717, 1.165) is 24.0 Å². The molecule has 0 saturated carbocycles. The lowest BCUT2D eigenvalue weighted by Gasteiger charge is -2.35. The molecule has 35 heavy (non-hydrogen) atoms. The number of benzene rings is 1. The average Bonchev–Trinajstić information content (AvgIpc) is 3.46. The minimum absolute atomic E-state index is 0.0245. The first-order chi connectivity index (χ1) is 16.6. The van der Waals surface area contributed by atoms with Crippen LogP contribution >= 0.6 is 0 Å². The summed E-state index contributed by atoms with van der Waals surface area (Å²) in [5.74, 6) is -1.17. The lowest BCUT2D eigenvalue weighted by atomic mass is 9.87. The number of amides is 4. The summed E-state index contributed by atoms with van der Waals surface area (Å²) in [6.45, 7) is 6.08. The first kappa shape index (κ1) is 23.1. The molecule has 0 bridgehead atoms. The highest BCUT2D eigenvalue weighted by molar-refractivity contribution is 6.08. The lowest BCUT2D eigenvalue weighted by molar-refractivity contribution is -0.128. The standard InChI is InChI=1S/C26H28FN3O5/c1-13-5-6-14(2)15(3)22-17(9-13)10-19(35-22)26(24(32)28-25(33)29-26)12-30-11-16-7-8-18(34-4)21(27)20(16)23(30)31/h7-9,19H,5-6,10-12H2,1-4H3,(H2,28,29,32,33). The van der Waals surface area contributed by atoms with E-state index >= 15 is 0 Å². The highest BCUT2D eigenvalue weighted by atomic mass is 19.1. The van der Waals surface area contributed by atoms with Crippen molar-refractivity contribution in [1.29, 1.82) is 0 Å². The van der Waals surface area contributed by atoms with Crippen LogP contribution in [-0.4, -0.2) is 48.0 Å². The summed E-state index contributed by atoms with van der Waals surface area (Å²) in [4.78, 5) is 40.1. The maximum absolute atomic E-state index is 14.9. The highest BCUT2D eigenvalue weighted by Crippen LogP contribution is 2.41. The van der Waals surface area contributed by atoms with Gasteiger partial charge in [0.2, 0.25) is 0 Å². The zero-order valence-electron chi connectivity index (χ0n) is 20.2. The molecule has 1 aliphatic carbocycles. The van der Waals surface area contributed by atoms with Crippen LogP contribution in [0.5, 0.6) is 5.75 Å². The van der Waals surface area contributed by atoms with Gasteiger partial charge in [-0.1, -0.05) is 23.3 Å². The largest absolute Gasteiger partial charge is 0.494 e. The molecule has 0 spiro atoms. The molecule has 2 atom stereocenters. The van der Waals surface area contributed by atoms with Gasteiger partial charge in [0.15, 0.2) is 17.1 Å². The van der Waals surface area contributed by atoms with E-state index in [1.807, 2.05) is 6.92 Å². The van der Waals surface area contributed by atoms with Gasteiger partial charge in [-0.2, -0.15) is 0 Å². The zero-order valence-corrected chi connectivity index (χ0v) is 20.2. The Morgan fingerprint density at radius 1 is 1.20 bits per heavy atom. The maximum atomic E-state index is 14.9. The van der Waals surface area contributed by atoms with E-state index < -0.39 is 35.3 Å². The quantitative estimate of drug-likeness (QED) is 0.642. The molecule has 1 aromatic rings. The van der Waals surface area contributed by atoms with Crippen molar-refractivity contribution in [1.82, 2.24) is 15.5 Å². The van der Waals surface area contributed by atoms with Crippen molar-refractivity contribution in [2.75, 3.05) is 13.7 Å². The van der Waals surface area contributed by atoms with Crippen molar-refractivity contribution in [3.63, 3.8) is 0 Å². The molecule has 4 aliphatic rings. The first-order valence-electron chi connectivity index (χ1n) is 11.7. The van der Waals surface area contributed by atoms with Crippen LogP contribution in [0, 0.1) is 5.82 Å². The molecule has 0 radical (unpaired) electrons. The maximum Gasteiger partial charge on any atom is 0.322 e. The second-order valence-electron chi connectivity index (χ2n) is 9.72. The smallest absolute Gasteiger partial charge is 0.322 e. The minimum Gasteiger partial charge on any atom is -0.494 e. The number of ether oxygens (including phenoxy) is 2. The molecule has 3 aliphatic heterocycles. The number of hydrogen-bond donors (Lipinski definition) is 2. The van der Waals surface area contributed by atoms with Crippen LogP contribution in [-0.2, 0) is 16.1 Å². The van der Waals surface area contributed by atoms with Crippen LogP contribution in [0.2, 0.25) is 0 Å². The Balaban J connectivity index is 1.49. The molecule has 184 valence electrons. The number of carbonyl (C=O) groups excluding carboxylic acids is 3. The fourth-order valence-corrected chi connectivity index (χ4v) is 5.34. The first-order valence-corrected chi connectivity index (χ1v) is 11.7. The summed E-state index contributed by atoms with van der Waals surface area (Å²) in [5.41, 5.74) is 3.29. The monoisotopic (exact) mass is 481 g/mol. The molecule has 1 fully saturated rings. The summed E-state index contributed by atoms with van der Waals surface area (Å²) in [6, 6.07) is 2.46. The fraction of sp³-hybridized carbons (Fsp3) is 0.423. The van der Waals surface area contributed by atoms with E-state index in [2.05, 4.69) is 30.6 Å². The third-order valence-electron chi connectivity index (χ3n) is 7.49. The predicted molar refractivity (Wildman–Crippen MR) is 125 cm³/mol. The van der Waals surface area contributed by atoms with Crippen molar-refractivity contribution >= 4 is 17.8 Å². The molecule has 2 N–H and O–H groups in total. The molecule has 5 rings (SSSR count). The molecule has 8 nitrogen and oxygen atoms in total. The van der Waals surface area contributed by atoms with E-state index in [1.165, 1.54) is 29.2 Å². The molecule has 1 aromatic carbocycles. The summed E-state index contributed by atoms with van der Waals surface area (Å²) < 4.78 is 26.3. The second kappa shape index (κ2) is 8.25.